The fourth-order valence-corrected chi connectivity index (χ4v) is 2.62. The van der Waals surface area contributed by atoms with E-state index in [0.717, 1.165) is 18.8 Å². The molecule has 0 spiro atoms. The quantitative estimate of drug-likeness (QED) is 0.887. The number of benzene rings is 1. The summed E-state index contributed by atoms with van der Waals surface area (Å²) < 4.78 is 2.06. The third-order valence-electron chi connectivity index (χ3n) is 3.77. The Morgan fingerprint density at radius 1 is 1.33 bits per heavy atom. The normalized spacial score (nSPS) is 17.0. The van der Waals surface area contributed by atoms with E-state index in [1.165, 1.54) is 0 Å². The molecule has 0 radical (unpaired) electrons. The molecule has 2 aromatic rings. The van der Waals surface area contributed by atoms with E-state index < -0.39 is 5.91 Å². The summed E-state index contributed by atoms with van der Waals surface area (Å²) in [5, 5.41) is 2.81. The fraction of sp³-hybridized carbons (Fsp3) is 0.267. The summed E-state index contributed by atoms with van der Waals surface area (Å²) in [5.41, 5.74) is 6.10. The van der Waals surface area contributed by atoms with Crippen LogP contribution in [-0.2, 0) is 17.8 Å². The van der Waals surface area contributed by atoms with Gasteiger partial charge < -0.3 is 15.6 Å². The topological polar surface area (TPSA) is 90.0 Å². The van der Waals surface area contributed by atoms with Crippen molar-refractivity contribution in [2.24, 2.45) is 11.7 Å². The molecule has 0 bridgehead atoms. The summed E-state index contributed by atoms with van der Waals surface area (Å²) in [5.74, 6) is 0.133. The lowest BCUT2D eigenvalue weighted by Gasteiger charge is -2.23. The second-order valence-electron chi connectivity index (χ2n) is 5.13. The number of nitrogens with one attached hydrogen (secondary N) is 1. The van der Waals surface area contributed by atoms with Crippen LogP contribution in [0.1, 0.15) is 22.6 Å². The number of aryl methyl sites for hydroxylation is 1. The first kappa shape index (κ1) is 13.4. The van der Waals surface area contributed by atoms with Crippen molar-refractivity contribution in [3.63, 3.8) is 0 Å². The highest BCUT2D eigenvalue weighted by Gasteiger charge is 2.26. The van der Waals surface area contributed by atoms with E-state index in [0.29, 0.717) is 17.7 Å². The van der Waals surface area contributed by atoms with E-state index in [9.17, 15) is 9.59 Å². The summed E-state index contributed by atoms with van der Waals surface area (Å²) in [7, 11) is 0. The number of imidazole rings is 1. The lowest BCUT2D eigenvalue weighted by atomic mass is 9.96. The molecule has 1 atom stereocenters. The van der Waals surface area contributed by atoms with Crippen molar-refractivity contribution in [2.75, 3.05) is 5.32 Å². The van der Waals surface area contributed by atoms with Crippen LogP contribution in [0.5, 0.6) is 0 Å². The summed E-state index contributed by atoms with van der Waals surface area (Å²) in [6, 6.07) is 6.76. The summed E-state index contributed by atoms with van der Waals surface area (Å²) in [4.78, 5) is 28.0. The zero-order valence-electron chi connectivity index (χ0n) is 11.5. The Hall–Kier alpha value is -2.63. The van der Waals surface area contributed by atoms with Gasteiger partial charge in [0.05, 0.1) is 11.3 Å². The molecule has 2 heterocycles. The van der Waals surface area contributed by atoms with Crippen LogP contribution in [0, 0.1) is 5.92 Å². The van der Waals surface area contributed by atoms with Gasteiger partial charge in [-0.05, 0) is 18.6 Å². The Bertz CT molecular complexity index is 692. The van der Waals surface area contributed by atoms with Crippen molar-refractivity contribution in [2.45, 2.75) is 19.4 Å². The van der Waals surface area contributed by atoms with Gasteiger partial charge in [-0.3, -0.25) is 9.59 Å². The Morgan fingerprint density at radius 2 is 2.14 bits per heavy atom. The maximum atomic E-state index is 12.4. The Labute approximate surface area is 122 Å². The van der Waals surface area contributed by atoms with Crippen molar-refractivity contribution in [3.8, 4) is 0 Å². The number of carbonyl (C=O) groups excluding carboxylic acids is 2. The first-order chi connectivity index (χ1) is 10.1. The third-order valence-corrected chi connectivity index (χ3v) is 3.77. The average Bonchev–Trinajstić information content (AvgIpc) is 2.94. The number of amides is 2. The molecule has 6 nitrogen and oxygen atoms in total. The Kier molecular flexibility index (Phi) is 3.43. The summed E-state index contributed by atoms with van der Waals surface area (Å²) in [6.45, 7) is 0.783. The number of primary amides is 1. The number of fused-ring (bicyclic) bond motifs is 1. The second-order valence-corrected chi connectivity index (χ2v) is 5.13. The minimum atomic E-state index is -0.551. The number of anilines is 1. The van der Waals surface area contributed by atoms with Crippen LogP contribution in [0.15, 0.2) is 36.7 Å². The van der Waals surface area contributed by atoms with E-state index in [1.54, 1.807) is 30.5 Å². The minimum Gasteiger partial charge on any atom is -0.366 e. The van der Waals surface area contributed by atoms with Crippen LogP contribution in [0.25, 0.3) is 0 Å². The molecule has 1 aromatic carbocycles. The van der Waals surface area contributed by atoms with Crippen LogP contribution in [0.2, 0.25) is 0 Å². The van der Waals surface area contributed by atoms with Gasteiger partial charge in [0, 0.05) is 31.3 Å². The predicted molar refractivity (Wildman–Crippen MR) is 77.6 cm³/mol. The second kappa shape index (κ2) is 5.40. The number of aromatic nitrogens is 2. The zero-order chi connectivity index (χ0) is 14.8. The molecule has 0 saturated heterocycles. The van der Waals surface area contributed by atoms with Gasteiger partial charge in [0.1, 0.15) is 5.82 Å². The lowest BCUT2D eigenvalue weighted by Crippen LogP contribution is -2.31. The van der Waals surface area contributed by atoms with E-state index >= 15 is 0 Å². The van der Waals surface area contributed by atoms with Crippen LogP contribution in [0.4, 0.5) is 5.69 Å². The summed E-state index contributed by atoms with van der Waals surface area (Å²) in [6.07, 6.45) is 5.04. The Balaban J connectivity index is 1.75. The highest BCUT2D eigenvalue weighted by Crippen LogP contribution is 2.22. The van der Waals surface area contributed by atoms with Gasteiger partial charge in [0.25, 0.3) is 5.91 Å². The first-order valence-corrected chi connectivity index (χ1v) is 6.85. The van der Waals surface area contributed by atoms with Crippen molar-refractivity contribution in [1.82, 2.24) is 9.55 Å². The number of hydrogen-bond acceptors (Lipinski definition) is 3. The number of para-hydroxylation sites is 1. The monoisotopic (exact) mass is 284 g/mol. The maximum absolute atomic E-state index is 12.4. The van der Waals surface area contributed by atoms with Gasteiger partial charge in [0.15, 0.2) is 0 Å². The van der Waals surface area contributed by atoms with Crippen molar-refractivity contribution < 1.29 is 9.59 Å². The largest absolute Gasteiger partial charge is 0.366 e. The van der Waals surface area contributed by atoms with Crippen LogP contribution >= 0.6 is 0 Å². The van der Waals surface area contributed by atoms with E-state index in [4.69, 9.17) is 5.73 Å². The molecule has 108 valence electrons. The molecule has 6 heteroatoms. The Morgan fingerprint density at radius 3 is 2.95 bits per heavy atom. The highest BCUT2D eigenvalue weighted by atomic mass is 16.2. The van der Waals surface area contributed by atoms with Gasteiger partial charge in [0.2, 0.25) is 5.91 Å². The molecule has 0 fully saturated rings. The van der Waals surface area contributed by atoms with Crippen molar-refractivity contribution >= 4 is 17.5 Å². The van der Waals surface area contributed by atoms with Gasteiger partial charge in [-0.2, -0.15) is 0 Å². The molecule has 1 aliphatic rings. The molecular formula is C15H16N4O2. The standard InChI is InChI=1S/C15H16N4O2/c16-14(20)11-3-1-2-4-12(11)18-15(21)10-5-7-19-8-6-17-13(19)9-10/h1-4,6,8,10H,5,7,9H2,(H2,16,20)(H,18,21). The highest BCUT2D eigenvalue weighted by molar-refractivity contribution is 6.03. The maximum Gasteiger partial charge on any atom is 0.250 e. The molecule has 2 amide bonds. The number of hydrogen-bond donors (Lipinski definition) is 2. The third kappa shape index (κ3) is 2.65. The molecule has 3 N–H and O–H groups in total. The number of rotatable bonds is 3. The van der Waals surface area contributed by atoms with Crippen molar-refractivity contribution in [1.29, 1.82) is 0 Å². The number of carbonyl (C=O) groups is 2. The van der Waals surface area contributed by atoms with Crippen LogP contribution in [-0.4, -0.2) is 21.4 Å². The molecule has 1 aromatic heterocycles. The molecule has 3 rings (SSSR count). The SMILES string of the molecule is NC(=O)c1ccccc1NC(=O)C1CCn2ccnc2C1. The molecular weight excluding hydrogens is 268 g/mol. The predicted octanol–water partition coefficient (Wildman–Crippen LogP) is 1.18. The fourth-order valence-electron chi connectivity index (χ4n) is 2.62. The average molecular weight is 284 g/mol. The molecule has 21 heavy (non-hydrogen) atoms. The summed E-state index contributed by atoms with van der Waals surface area (Å²) >= 11 is 0. The first-order valence-electron chi connectivity index (χ1n) is 6.85. The van der Waals surface area contributed by atoms with Gasteiger partial charge >= 0.3 is 0 Å². The molecule has 0 aliphatic carbocycles. The smallest absolute Gasteiger partial charge is 0.250 e. The molecule has 1 aliphatic heterocycles. The van der Waals surface area contributed by atoms with E-state index in [1.807, 2.05) is 6.20 Å². The zero-order valence-corrected chi connectivity index (χ0v) is 11.5. The number of nitrogens with two attached hydrogens (primary N) is 1. The number of nitrogens with zero attached hydrogens (tertiary/aromatic N) is 2. The van der Waals surface area contributed by atoms with E-state index in [2.05, 4.69) is 14.9 Å². The van der Waals surface area contributed by atoms with Crippen LogP contribution < -0.4 is 11.1 Å². The van der Waals surface area contributed by atoms with Gasteiger partial charge in [-0.1, -0.05) is 12.1 Å². The van der Waals surface area contributed by atoms with E-state index in [-0.39, 0.29) is 11.8 Å². The molecule has 0 saturated carbocycles. The van der Waals surface area contributed by atoms with Gasteiger partial charge in [-0.15, -0.1) is 0 Å². The van der Waals surface area contributed by atoms with Crippen LogP contribution in [0.3, 0.4) is 0 Å². The molecule has 1 unspecified atom stereocenters. The minimum absolute atomic E-state index is 0.0991. The lowest BCUT2D eigenvalue weighted by molar-refractivity contribution is -0.120. The van der Waals surface area contributed by atoms with Crippen molar-refractivity contribution in [3.05, 3.63) is 48.0 Å². The van der Waals surface area contributed by atoms with Gasteiger partial charge in [-0.25, -0.2) is 4.98 Å².